The Labute approximate surface area is 129 Å². The van der Waals surface area contributed by atoms with Crippen LogP contribution in [-0.4, -0.2) is 32.9 Å². The highest BCUT2D eigenvalue weighted by Gasteiger charge is 2.31. The van der Waals surface area contributed by atoms with Crippen molar-refractivity contribution in [2.75, 3.05) is 11.5 Å². The maximum Gasteiger partial charge on any atom is 0.231 e. The molecule has 4 atom stereocenters. The van der Waals surface area contributed by atoms with E-state index in [2.05, 4.69) is 12.1 Å². The predicted molar refractivity (Wildman–Crippen MR) is 85.2 cm³/mol. The molecular formula is C14H23N3OS2. The van der Waals surface area contributed by atoms with Crippen LogP contribution in [0.4, 0.5) is 0 Å². The number of thioether (sulfide) groups is 2. The summed E-state index contributed by atoms with van der Waals surface area (Å²) < 4.78 is 5.57. The number of rotatable bonds is 2. The van der Waals surface area contributed by atoms with Crippen LogP contribution in [0.25, 0.3) is 0 Å². The Morgan fingerprint density at radius 3 is 2.80 bits per heavy atom. The number of hydrogen-bond donors (Lipinski definition) is 1. The van der Waals surface area contributed by atoms with Gasteiger partial charge in [0, 0.05) is 22.8 Å². The van der Waals surface area contributed by atoms with Crippen LogP contribution >= 0.6 is 23.5 Å². The van der Waals surface area contributed by atoms with E-state index in [4.69, 9.17) is 15.2 Å². The van der Waals surface area contributed by atoms with Crippen LogP contribution in [0.5, 0.6) is 0 Å². The average molecular weight is 313 g/mol. The van der Waals surface area contributed by atoms with E-state index in [-0.39, 0.29) is 12.0 Å². The molecule has 1 aromatic heterocycles. The summed E-state index contributed by atoms with van der Waals surface area (Å²) in [7, 11) is 0. The van der Waals surface area contributed by atoms with Gasteiger partial charge in [0.15, 0.2) is 5.82 Å². The molecule has 3 rings (SSSR count). The van der Waals surface area contributed by atoms with Gasteiger partial charge < -0.3 is 10.3 Å². The third-order valence-electron chi connectivity index (χ3n) is 4.29. The lowest BCUT2D eigenvalue weighted by molar-refractivity contribution is 0.323. The second kappa shape index (κ2) is 6.71. The van der Waals surface area contributed by atoms with Crippen LogP contribution in [0.15, 0.2) is 4.52 Å². The van der Waals surface area contributed by atoms with Crippen molar-refractivity contribution in [2.45, 2.75) is 61.5 Å². The molecule has 6 heteroatoms. The van der Waals surface area contributed by atoms with Gasteiger partial charge in [0.05, 0.1) is 11.2 Å². The van der Waals surface area contributed by atoms with E-state index in [1.165, 1.54) is 30.8 Å². The Kier molecular flexibility index (Phi) is 4.94. The lowest BCUT2D eigenvalue weighted by Crippen LogP contribution is -2.27. The summed E-state index contributed by atoms with van der Waals surface area (Å²) in [6, 6.07) is 0.177. The fourth-order valence-corrected chi connectivity index (χ4v) is 5.75. The normalized spacial score (nSPS) is 35.7. The quantitative estimate of drug-likeness (QED) is 0.845. The summed E-state index contributed by atoms with van der Waals surface area (Å²) in [5, 5.41) is 5.18. The first-order chi connectivity index (χ1) is 9.75. The fraction of sp³-hybridized carbons (Fsp3) is 0.857. The molecule has 1 saturated heterocycles. The highest BCUT2D eigenvalue weighted by Crippen LogP contribution is 2.41. The zero-order valence-corrected chi connectivity index (χ0v) is 13.6. The van der Waals surface area contributed by atoms with E-state index in [9.17, 15) is 0 Å². The number of nitrogens with zero attached hydrogens (tertiary/aromatic N) is 2. The molecule has 4 unspecified atom stereocenters. The number of hydrogen-bond acceptors (Lipinski definition) is 6. The van der Waals surface area contributed by atoms with Crippen molar-refractivity contribution in [3.05, 3.63) is 11.7 Å². The highest BCUT2D eigenvalue weighted by atomic mass is 32.2. The molecule has 2 fully saturated rings. The van der Waals surface area contributed by atoms with Crippen LogP contribution in [0.3, 0.4) is 0 Å². The lowest BCUT2D eigenvalue weighted by atomic mass is 9.95. The molecule has 2 heterocycles. The van der Waals surface area contributed by atoms with Crippen molar-refractivity contribution in [3.63, 3.8) is 0 Å². The minimum Gasteiger partial charge on any atom is -0.339 e. The smallest absolute Gasteiger partial charge is 0.231 e. The zero-order valence-electron chi connectivity index (χ0n) is 12.0. The maximum atomic E-state index is 6.29. The predicted octanol–water partition coefficient (Wildman–Crippen LogP) is 3.35. The van der Waals surface area contributed by atoms with Gasteiger partial charge in [-0.05, 0) is 12.8 Å². The van der Waals surface area contributed by atoms with Crippen molar-refractivity contribution in [1.82, 2.24) is 10.1 Å². The van der Waals surface area contributed by atoms with Crippen molar-refractivity contribution >= 4 is 23.5 Å². The fourth-order valence-electron chi connectivity index (χ4n) is 3.07. The standard InChI is InChI=1S/C14H23N3OS2/c1-9-12(20-8-7-19-9)13-16-14(18-17-13)10-5-3-2-4-6-11(10)15/h9-12H,2-8,15H2,1H3. The number of nitrogens with two attached hydrogens (primary N) is 1. The largest absolute Gasteiger partial charge is 0.339 e. The Hall–Kier alpha value is -0.200. The molecular weight excluding hydrogens is 290 g/mol. The summed E-state index contributed by atoms with van der Waals surface area (Å²) in [5.41, 5.74) is 6.29. The monoisotopic (exact) mass is 313 g/mol. The second-order valence-electron chi connectivity index (χ2n) is 5.77. The molecule has 2 N–H and O–H groups in total. The van der Waals surface area contributed by atoms with E-state index >= 15 is 0 Å². The summed E-state index contributed by atoms with van der Waals surface area (Å²) in [6.45, 7) is 2.26. The summed E-state index contributed by atoms with van der Waals surface area (Å²) in [4.78, 5) is 4.71. The van der Waals surface area contributed by atoms with Gasteiger partial charge >= 0.3 is 0 Å². The van der Waals surface area contributed by atoms with E-state index in [0.717, 1.165) is 24.6 Å². The summed E-state index contributed by atoms with van der Waals surface area (Å²) >= 11 is 3.95. The van der Waals surface area contributed by atoms with Crippen molar-refractivity contribution in [3.8, 4) is 0 Å². The SMILES string of the molecule is CC1SCCSC1c1noc(C2CCCCCC2N)n1. The maximum absolute atomic E-state index is 6.29. The van der Waals surface area contributed by atoms with Crippen molar-refractivity contribution in [2.24, 2.45) is 5.73 Å². The second-order valence-corrected chi connectivity index (χ2v) is 8.50. The van der Waals surface area contributed by atoms with Gasteiger partial charge in [0.25, 0.3) is 0 Å². The van der Waals surface area contributed by atoms with Gasteiger partial charge in [-0.15, -0.1) is 11.8 Å². The molecule has 112 valence electrons. The topological polar surface area (TPSA) is 64.9 Å². The van der Waals surface area contributed by atoms with Gasteiger partial charge in [-0.2, -0.15) is 16.7 Å². The van der Waals surface area contributed by atoms with E-state index in [0.29, 0.717) is 10.5 Å². The van der Waals surface area contributed by atoms with Gasteiger partial charge in [0.2, 0.25) is 5.89 Å². The van der Waals surface area contributed by atoms with Gasteiger partial charge in [0.1, 0.15) is 0 Å². The summed E-state index contributed by atoms with van der Waals surface area (Å²) in [5.74, 6) is 4.31. The molecule has 2 aliphatic rings. The van der Waals surface area contributed by atoms with E-state index in [1.54, 1.807) is 0 Å². The molecule has 20 heavy (non-hydrogen) atoms. The van der Waals surface area contributed by atoms with Crippen molar-refractivity contribution in [1.29, 1.82) is 0 Å². The zero-order chi connectivity index (χ0) is 13.9. The first-order valence-electron chi connectivity index (χ1n) is 7.58. The molecule has 1 aliphatic heterocycles. The van der Waals surface area contributed by atoms with Gasteiger partial charge in [-0.25, -0.2) is 0 Å². The van der Waals surface area contributed by atoms with Crippen LogP contribution < -0.4 is 5.73 Å². The van der Waals surface area contributed by atoms with Crippen molar-refractivity contribution < 1.29 is 4.52 Å². The molecule has 0 bridgehead atoms. The third-order valence-corrected chi connectivity index (χ3v) is 7.37. The lowest BCUT2D eigenvalue weighted by Gasteiger charge is -2.24. The molecule has 1 saturated carbocycles. The molecule has 0 amide bonds. The van der Waals surface area contributed by atoms with Gasteiger partial charge in [-0.3, -0.25) is 0 Å². The molecule has 1 aromatic rings. The minimum absolute atomic E-state index is 0.177. The Balaban J connectivity index is 1.75. The highest BCUT2D eigenvalue weighted by molar-refractivity contribution is 8.06. The Morgan fingerprint density at radius 2 is 1.95 bits per heavy atom. The average Bonchev–Trinajstić information content (AvgIpc) is 2.82. The first-order valence-corrected chi connectivity index (χ1v) is 9.67. The third kappa shape index (κ3) is 3.17. The molecule has 0 radical (unpaired) electrons. The summed E-state index contributed by atoms with van der Waals surface area (Å²) in [6.07, 6.45) is 5.89. The van der Waals surface area contributed by atoms with Crippen LogP contribution in [0, 0.1) is 0 Å². The molecule has 4 nitrogen and oxygen atoms in total. The van der Waals surface area contributed by atoms with Crippen LogP contribution in [0.2, 0.25) is 0 Å². The Morgan fingerprint density at radius 1 is 1.15 bits per heavy atom. The Bertz CT molecular complexity index is 440. The van der Waals surface area contributed by atoms with Gasteiger partial charge in [-0.1, -0.05) is 31.3 Å². The van der Waals surface area contributed by atoms with E-state index in [1.807, 2.05) is 23.5 Å². The van der Waals surface area contributed by atoms with Crippen LogP contribution in [0.1, 0.15) is 61.9 Å². The van der Waals surface area contributed by atoms with E-state index < -0.39 is 0 Å². The molecule has 0 aromatic carbocycles. The number of aromatic nitrogens is 2. The molecule has 1 aliphatic carbocycles. The first kappa shape index (κ1) is 14.7. The van der Waals surface area contributed by atoms with Crippen LogP contribution in [-0.2, 0) is 0 Å². The minimum atomic E-state index is 0.177. The molecule has 0 spiro atoms.